The molecule has 2 rings (SSSR count). The van der Waals surface area contributed by atoms with Crippen molar-refractivity contribution in [2.24, 2.45) is 0 Å². The first-order valence-electron chi connectivity index (χ1n) is 6.91. The fourth-order valence-corrected chi connectivity index (χ4v) is 1.86. The minimum Gasteiger partial charge on any atom is -0.482 e. The molecule has 1 N–H and O–H groups in total. The van der Waals surface area contributed by atoms with E-state index < -0.39 is 18.5 Å². The topological polar surface area (TPSA) is 88.4 Å². The number of anilines is 1. The van der Waals surface area contributed by atoms with Crippen LogP contribution in [0.5, 0.6) is 5.75 Å². The number of para-hydroxylation sites is 1. The maximum Gasteiger partial charge on any atom is 0.344 e. The van der Waals surface area contributed by atoms with Gasteiger partial charge in [-0.1, -0.05) is 23.7 Å². The number of ether oxygens (including phenoxy) is 2. The molecule has 24 heavy (non-hydrogen) atoms. The lowest BCUT2D eigenvalue weighted by atomic mass is 10.2. The average molecular weight is 345 g/mol. The van der Waals surface area contributed by atoms with E-state index in [0.29, 0.717) is 22.0 Å². The molecule has 0 saturated heterocycles. The standard InChI is InChI=1S/C17H13ClN2O4/c18-13-5-7-14(8-6-13)23-11-17(22)24-10-16(21)20-15-4-2-1-3-12(15)9-19/h1-8H,10-11H2,(H,20,21). The van der Waals surface area contributed by atoms with Gasteiger partial charge in [0.25, 0.3) is 5.91 Å². The fourth-order valence-electron chi connectivity index (χ4n) is 1.74. The zero-order valence-corrected chi connectivity index (χ0v) is 13.2. The van der Waals surface area contributed by atoms with E-state index in [9.17, 15) is 9.59 Å². The molecule has 0 saturated carbocycles. The average Bonchev–Trinajstić information content (AvgIpc) is 2.60. The molecular formula is C17H13ClN2O4. The van der Waals surface area contributed by atoms with Gasteiger partial charge in [0.15, 0.2) is 13.2 Å². The van der Waals surface area contributed by atoms with Crippen LogP contribution in [0.3, 0.4) is 0 Å². The Bertz CT molecular complexity index is 769. The second-order valence-corrected chi connectivity index (χ2v) is 5.05. The van der Waals surface area contributed by atoms with Crippen LogP contribution in [0.15, 0.2) is 48.5 Å². The molecule has 7 heteroatoms. The Labute approximate surface area is 143 Å². The first-order chi connectivity index (χ1) is 11.6. The number of nitriles is 1. The van der Waals surface area contributed by atoms with Gasteiger partial charge in [-0.05, 0) is 36.4 Å². The Morgan fingerprint density at radius 1 is 1.08 bits per heavy atom. The van der Waals surface area contributed by atoms with E-state index in [2.05, 4.69) is 5.32 Å². The van der Waals surface area contributed by atoms with Gasteiger partial charge in [-0.3, -0.25) is 4.79 Å². The van der Waals surface area contributed by atoms with Gasteiger partial charge in [-0.15, -0.1) is 0 Å². The summed E-state index contributed by atoms with van der Waals surface area (Å²) in [5, 5.41) is 12.0. The lowest BCUT2D eigenvalue weighted by molar-refractivity contribution is -0.149. The number of benzene rings is 2. The third kappa shape index (κ3) is 5.30. The van der Waals surface area contributed by atoms with E-state index in [4.69, 9.17) is 26.3 Å². The van der Waals surface area contributed by atoms with Gasteiger partial charge >= 0.3 is 5.97 Å². The summed E-state index contributed by atoms with van der Waals surface area (Å²) >= 11 is 5.74. The zero-order chi connectivity index (χ0) is 17.4. The fraction of sp³-hybridized carbons (Fsp3) is 0.118. The van der Waals surface area contributed by atoms with Gasteiger partial charge in [-0.25, -0.2) is 4.79 Å². The van der Waals surface area contributed by atoms with Crippen molar-refractivity contribution in [3.05, 3.63) is 59.1 Å². The molecule has 0 radical (unpaired) electrons. The van der Waals surface area contributed by atoms with Crippen LogP contribution in [-0.2, 0) is 14.3 Å². The predicted molar refractivity (Wildman–Crippen MR) is 87.7 cm³/mol. The molecule has 0 aliphatic carbocycles. The van der Waals surface area contributed by atoms with E-state index in [1.54, 1.807) is 48.5 Å². The van der Waals surface area contributed by atoms with Crippen LogP contribution in [-0.4, -0.2) is 25.1 Å². The number of esters is 1. The molecule has 6 nitrogen and oxygen atoms in total. The van der Waals surface area contributed by atoms with Crippen molar-refractivity contribution in [3.8, 4) is 11.8 Å². The maximum absolute atomic E-state index is 11.7. The van der Waals surface area contributed by atoms with Crippen LogP contribution in [0.2, 0.25) is 5.02 Å². The van der Waals surface area contributed by atoms with Crippen LogP contribution in [0.4, 0.5) is 5.69 Å². The van der Waals surface area contributed by atoms with Gasteiger partial charge in [0.2, 0.25) is 0 Å². The van der Waals surface area contributed by atoms with Crippen LogP contribution in [0.25, 0.3) is 0 Å². The summed E-state index contributed by atoms with van der Waals surface area (Å²) in [6.45, 7) is -0.799. The van der Waals surface area contributed by atoms with Gasteiger partial charge in [0.05, 0.1) is 11.3 Å². The van der Waals surface area contributed by atoms with Crippen molar-refractivity contribution in [3.63, 3.8) is 0 Å². The number of hydrogen-bond donors (Lipinski definition) is 1. The molecule has 0 bridgehead atoms. The molecule has 2 aromatic rings. The highest BCUT2D eigenvalue weighted by Gasteiger charge is 2.10. The van der Waals surface area contributed by atoms with E-state index in [-0.39, 0.29) is 6.61 Å². The van der Waals surface area contributed by atoms with Crippen molar-refractivity contribution in [2.45, 2.75) is 0 Å². The monoisotopic (exact) mass is 344 g/mol. The van der Waals surface area contributed by atoms with Gasteiger partial charge < -0.3 is 14.8 Å². The van der Waals surface area contributed by atoms with E-state index >= 15 is 0 Å². The molecule has 0 unspecified atom stereocenters. The molecular weight excluding hydrogens is 332 g/mol. The van der Waals surface area contributed by atoms with Gasteiger partial charge in [0.1, 0.15) is 11.8 Å². The Kier molecular flexibility index (Phi) is 6.17. The quantitative estimate of drug-likeness (QED) is 0.814. The summed E-state index contributed by atoms with van der Waals surface area (Å²) in [5.74, 6) is -0.769. The summed E-state index contributed by atoms with van der Waals surface area (Å²) in [5.41, 5.74) is 0.682. The third-order valence-corrected chi connectivity index (χ3v) is 3.11. The molecule has 1 amide bonds. The van der Waals surface area contributed by atoms with E-state index in [0.717, 1.165) is 0 Å². The number of amides is 1. The summed E-state index contributed by atoms with van der Waals surface area (Å²) in [4.78, 5) is 23.3. The molecule has 2 aromatic carbocycles. The lowest BCUT2D eigenvalue weighted by Gasteiger charge is -2.08. The predicted octanol–water partition coefficient (Wildman–Crippen LogP) is 2.77. The van der Waals surface area contributed by atoms with E-state index in [1.807, 2.05) is 6.07 Å². The minimum absolute atomic E-state index is 0.322. The van der Waals surface area contributed by atoms with E-state index in [1.165, 1.54) is 0 Å². The van der Waals surface area contributed by atoms with Crippen molar-refractivity contribution in [1.82, 2.24) is 0 Å². The van der Waals surface area contributed by atoms with Gasteiger partial charge in [-0.2, -0.15) is 5.26 Å². The summed E-state index contributed by atoms with van der Waals surface area (Å²) in [6, 6.07) is 15.0. The SMILES string of the molecule is N#Cc1ccccc1NC(=O)COC(=O)COc1ccc(Cl)cc1. The number of nitrogens with one attached hydrogen (secondary N) is 1. The van der Waals surface area contributed by atoms with Crippen molar-refractivity contribution >= 4 is 29.2 Å². The number of halogens is 1. The number of carbonyl (C=O) groups is 2. The molecule has 0 heterocycles. The first-order valence-corrected chi connectivity index (χ1v) is 7.29. The van der Waals surface area contributed by atoms with Crippen molar-refractivity contribution in [2.75, 3.05) is 18.5 Å². The van der Waals surface area contributed by atoms with Crippen LogP contribution in [0.1, 0.15) is 5.56 Å². The van der Waals surface area contributed by atoms with Crippen LogP contribution in [0, 0.1) is 11.3 Å². The molecule has 0 aliphatic heterocycles. The normalized spacial score (nSPS) is 9.67. The number of hydrogen-bond acceptors (Lipinski definition) is 5. The maximum atomic E-state index is 11.7. The van der Waals surface area contributed by atoms with Crippen LogP contribution < -0.4 is 10.1 Å². The summed E-state index contributed by atoms with van der Waals surface area (Å²) in [6.07, 6.45) is 0. The van der Waals surface area contributed by atoms with Gasteiger partial charge in [0, 0.05) is 5.02 Å². The molecule has 0 aromatic heterocycles. The van der Waals surface area contributed by atoms with Crippen LogP contribution >= 0.6 is 11.6 Å². The Hall–Kier alpha value is -3.04. The second kappa shape index (κ2) is 8.56. The highest BCUT2D eigenvalue weighted by molar-refractivity contribution is 6.30. The smallest absolute Gasteiger partial charge is 0.344 e. The number of nitrogens with zero attached hydrogens (tertiary/aromatic N) is 1. The second-order valence-electron chi connectivity index (χ2n) is 4.61. The first kappa shape index (κ1) is 17.3. The molecule has 0 aliphatic rings. The third-order valence-electron chi connectivity index (χ3n) is 2.86. The minimum atomic E-state index is -0.686. The molecule has 0 spiro atoms. The molecule has 0 atom stereocenters. The number of carbonyl (C=O) groups excluding carboxylic acids is 2. The summed E-state index contributed by atoms with van der Waals surface area (Å²) in [7, 11) is 0. The number of rotatable bonds is 6. The highest BCUT2D eigenvalue weighted by Crippen LogP contribution is 2.15. The Morgan fingerprint density at radius 3 is 2.50 bits per heavy atom. The zero-order valence-electron chi connectivity index (χ0n) is 12.5. The Morgan fingerprint density at radius 2 is 1.79 bits per heavy atom. The lowest BCUT2D eigenvalue weighted by Crippen LogP contribution is -2.24. The highest BCUT2D eigenvalue weighted by atomic mass is 35.5. The molecule has 0 fully saturated rings. The van der Waals surface area contributed by atoms with Crippen molar-refractivity contribution < 1.29 is 19.1 Å². The largest absolute Gasteiger partial charge is 0.482 e. The Balaban J connectivity index is 1.76. The van der Waals surface area contributed by atoms with Crippen molar-refractivity contribution in [1.29, 1.82) is 5.26 Å². The summed E-state index contributed by atoms with van der Waals surface area (Å²) < 4.78 is 10.0. The molecule has 122 valence electrons.